The number of fused-ring (bicyclic) bond motifs is 4. The summed E-state index contributed by atoms with van der Waals surface area (Å²) in [4.78, 5) is 0. The SMILES string of the molecule is COC1=C[C]2[CH][C](C(C)(C)[C]3[C]4C=C(C(C)(C)C)C=C[C]4[C]4C=CC(C(C)(C)C)=C[C]43)[CH][C]2C=C1OC.[Cl][Zr+2][Cl]. The Kier molecular flexibility index (Phi) is 9.92. The molecule has 2 fully saturated rings. The molecule has 0 bridgehead atoms. The van der Waals surface area contributed by atoms with Crippen molar-refractivity contribution in [3.63, 3.8) is 0 Å². The van der Waals surface area contributed by atoms with Gasteiger partial charge < -0.3 is 9.47 Å². The summed E-state index contributed by atoms with van der Waals surface area (Å²) in [6.07, 6.45) is 23.0. The number of methoxy groups -OCH3 is 2. The van der Waals surface area contributed by atoms with E-state index in [4.69, 9.17) is 26.5 Å². The van der Waals surface area contributed by atoms with Crippen molar-refractivity contribution in [2.45, 2.75) is 55.4 Å². The quantitative estimate of drug-likeness (QED) is 0.301. The Labute approximate surface area is 263 Å². The van der Waals surface area contributed by atoms with Crippen molar-refractivity contribution in [2.24, 2.45) is 16.2 Å². The first-order valence-electron chi connectivity index (χ1n) is 13.6. The molecular weight excluding hydrogens is 615 g/mol. The molecule has 0 saturated heterocycles. The van der Waals surface area contributed by atoms with Gasteiger partial charge in [-0.25, -0.2) is 0 Å². The molecule has 2 nitrogen and oxygen atoms in total. The topological polar surface area (TPSA) is 18.5 Å². The van der Waals surface area contributed by atoms with Crippen LogP contribution in [0.15, 0.2) is 71.3 Å². The standard InChI is InChI=1S/C35H40O2.2ClH.Zr/c1-33(2,3)23-11-13-26-27-14-12-24(34(4,5)6)20-29(27)32(28(26)19-23)35(7,8)25-15-21-17-30(36-9)31(37-10)18-22(21)16-25;;;/h11-20H,1-10H3;2*1H;/q;;;+4/p-2. The molecule has 5 rings (SSSR count). The van der Waals surface area contributed by atoms with Crippen molar-refractivity contribution in [3.05, 3.63) is 131 Å². The van der Waals surface area contributed by atoms with Gasteiger partial charge in [-0.3, -0.25) is 0 Å². The molecule has 5 aliphatic carbocycles. The van der Waals surface area contributed by atoms with Crippen LogP contribution in [0.1, 0.15) is 55.4 Å². The Morgan fingerprint density at radius 3 is 1.27 bits per heavy atom. The van der Waals surface area contributed by atoms with Crippen molar-refractivity contribution < 1.29 is 30.3 Å². The Balaban J connectivity index is 0.00000118. The van der Waals surface area contributed by atoms with E-state index >= 15 is 0 Å². The molecule has 0 aromatic carbocycles. The first-order valence-corrected chi connectivity index (χ1v) is 20.0. The van der Waals surface area contributed by atoms with Crippen LogP contribution in [0.5, 0.6) is 0 Å². The number of allylic oxidation sites excluding steroid dienone is 10. The Hall–Kier alpha value is -0.497. The van der Waals surface area contributed by atoms with E-state index in [1.807, 2.05) is 0 Å². The van der Waals surface area contributed by atoms with Crippen LogP contribution >= 0.6 is 17.0 Å². The second-order valence-corrected chi connectivity index (χ2v) is 16.9. The van der Waals surface area contributed by atoms with Gasteiger partial charge >= 0.3 is 37.9 Å². The summed E-state index contributed by atoms with van der Waals surface area (Å²) in [7, 11) is 13.3. The summed E-state index contributed by atoms with van der Waals surface area (Å²) in [5.41, 5.74) is 2.68. The molecule has 0 heterocycles. The number of ether oxygens (including phenoxy) is 2. The van der Waals surface area contributed by atoms with Gasteiger partial charge in [-0.2, -0.15) is 0 Å². The maximum absolute atomic E-state index is 5.59. The van der Waals surface area contributed by atoms with Crippen LogP contribution in [-0.4, -0.2) is 14.2 Å². The third kappa shape index (κ3) is 6.24. The summed E-state index contributed by atoms with van der Waals surface area (Å²) in [5, 5.41) is 0. The van der Waals surface area contributed by atoms with Gasteiger partial charge in [0, 0.05) is 41.4 Å². The minimum atomic E-state index is -0.826. The van der Waals surface area contributed by atoms with E-state index in [1.165, 1.54) is 58.5 Å². The van der Waals surface area contributed by atoms with Crippen LogP contribution in [0.25, 0.3) is 0 Å². The average molecular weight is 655 g/mol. The molecule has 10 radical (unpaired) electrons. The van der Waals surface area contributed by atoms with E-state index in [0.29, 0.717) is 0 Å². The van der Waals surface area contributed by atoms with Gasteiger partial charge in [0.25, 0.3) is 0 Å². The third-order valence-electron chi connectivity index (χ3n) is 8.16. The van der Waals surface area contributed by atoms with Crippen LogP contribution in [0.2, 0.25) is 0 Å². The van der Waals surface area contributed by atoms with Crippen LogP contribution in [0.4, 0.5) is 0 Å². The zero-order chi connectivity index (χ0) is 29.6. The fourth-order valence-corrected chi connectivity index (χ4v) is 5.77. The van der Waals surface area contributed by atoms with Crippen LogP contribution in [0.3, 0.4) is 0 Å². The van der Waals surface area contributed by atoms with E-state index in [0.717, 1.165) is 11.5 Å². The molecular formula is C35H40Cl2O2Zr+2. The van der Waals surface area contributed by atoms with E-state index in [2.05, 4.69) is 117 Å². The number of halogens is 2. The summed E-state index contributed by atoms with van der Waals surface area (Å²) >= 11 is -0.826. The van der Waals surface area contributed by atoms with Crippen LogP contribution in [0, 0.1) is 76.4 Å². The Morgan fingerprint density at radius 1 is 0.575 bits per heavy atom. The number of rotatable bonds is 4. The Bertz CT molecular complexity index is 1050. The number of hydrogen-bond donors (Lipinski definition) is 0. The fraction of sp³-hybridized carbons (Fsp3) is 0.371. The van der Waals surface area contributed by atoms with Gasteiger partial charge in [0.05, 0.1) is 14.2 Å². The summed E-state index contributed by atoms with van der Waals surface area (Å²) in [6, 6.07) is 0. The first-order chi connectivity index (χ1) is 18.7. The molecule has 0 N–H and O–H groups in total. The minimum absolute atomic E-state index is 0.0811. The summed E-state index contributed by atoms with van der Waals surface area (Å²) in [5.74, 6) is 12.0. The molecule has 0 amide bonds. The van der Waals surface area contributed by atoms with Gasteiger partial charge in [0.15, 0.2) is 11.5 Å². The summed E-state index contributed by atoms with van der Waals surface area (Å²) in [6.45, 7) is 18.5. The predicted molar refractivity (Wildman–Crippen MR) is 164 cm³/mol. The number of hydrogen-bond acceptors (Lipinski definition) is 2. The van der Waals surface area contributed by atoms with Crippen molar-refractivity contribution >= 4 is 17.0 Å². The molecule has 40 heavy (non-hydrogen) atoms. The summed E-state index contributed by atoms with van der Waals surface area (Å²) < 4.78 is 11.2. The van der Waals surface area contributed by atoms with Crippen LogP contribution < -0.4 is 0 Å². The first kappa shape index (κ1) is 32.4. The molecule has 0 unspecified atom stereocenters. The normalized spacial score (nSPS) is 23.8. The third-order valence-corrected chi connectivity index (χ3v) is 8.16. The zero-order valence-corrected chi connectivity index (χ0v) is 29.3. The van der Waals surface area contributed by atoms with Gasteiger partial charge in [0.1, 0.15) is 0 Å². The molecule has 5 aliphatic rings. The molecule has 0 spiro atoms. The van der Waals surface area contributed by atoms with Crippen molar-refractivity contribution in [1.29, 1.82) is 0 Å². The molecule has 2 saturated carbocycles. The second kappa shape index (κ2) is 12.2. The van der Waals surface area contributed by atoms with E-state index in [-0.39, 0.29) is 16.2 Å². The van der Waals surface area contributed by atoms with Gasteiger partial charge in [0.2, 0.25) is 0 Å². The zero-order valence-electron chi connectivity index (χ0n) is 25.3. The maximum atomic E-state index is 5.59. The van der Waals surface area contributed by atoms with Crippen molar-refractivity contribution in [3.8, 4) is 0 Å². The molecule has 0 aromatic rings. The van der Waals surface area contributed by atoms with E-state index < -0.39 is 20.8 Å². The second-order valence-electron chi connectivity index (χ2n) is 13.2. The van der Waals surface area contributed by atoms with Crippen LogP contribution in [-0.2, 0) is 30.3 Å². The van der Waals surface area contributed by atoms with E-state index in [1.54, 1.807) is 14.2 Å². The fourth-order valence-electron chi connectivity index (χ4n) is 5.77. The average Bonchev–Trinajstić information content (AvgIpc) is 3.45. The monoisotopic (exact) mass is 652 g/mol. The molecule has 0 aromatic heterocycles. The molecule has 0 aliphatic heterocycles. The van der Waals surface area contributed by atoms with Gasteiger partial charge in [-0.1, -0.05) is 91.8 Å². The molecule has 0 atom stereocenters. The van der Waals surface area contributed by atoms with Gasteiger partial charge in [-0.05, 0) is 58.3 Å². The van der Waals surface area contributed by atoms with Gasteiger partial charge in [-0.15, -0.1) is 0 Å². The van der Waals surface area contributed by atoms with E-state index in [9.17, 15) is 0 Å². The van der Waals surface area contributed by atoms with Crippen molar-refractivity contribution in [1.82, 2.24) is 0 Å². The molecule has 208 valence electrons. The van der Waals surface area contributed by atoms with Crippen molar-refractivity contribution in [2.75, 3.05) is 14.2 Å². The molecule has 5 heteroatoms. The predicted octanol–water partition coefficient (Wildman–Crippen LogP) is 9.58. The Morgan fingerprint density at radius 2 is 0.950 bits per heavy atom.